The Kier molecular flexibility index (Phi) is 7.29. The standard InChI is InChI=1S/C26H34N4O3S/c1-19-25-21(18-34-19)26(32)27-22-8-3-4-9-23(22)30(25)24(31)10-7-13-29-14-15-33-17-20(29)16-28-11-5-2-6-12-28/h3-4,8-9,18,20H,2,5-7,10-17H2,1H3,(H,27,32). The van der Waals surface area contributed by atoms with Crippen LogP contribution in [-0.2, 0) is 9.53 Å². The fourth-order valence-electron chi connectivity index (χ4n) is 5.37. The molecular formula is C26H34N4O3S. The van der Waals surface area contributed by atoms with Crippen LogP contribution in [0.3, 0.4) is 0 Å². The molecule has 2 saturated heterocycles. The van der Waals surface area contributed by atoms with E-state index in [1.54, 1.807) is 4.90 Å². The molecule has 1 N–H and O–H groups in total. The summed E-state index contributed by atoms with van der Waals surface area (Å²) in [7, 11) is 0. The molecule has 34 heavy (non-hydrogen) atoms. The average molecular weight is 483 g/mol. The first-order valence-electron chi connectivity index (χ1n) is 12.5. The fourth-order valence-corrected chi connectivity index (χ4v) is 6.19. The number of carbonyl (C=O) groups excluding carboxylic acids is 2. The van der Waals surface area contributed by atoms with Crippen LogP contribution in [0.15, 0.2) is 29.6 Å². The van der Waals surface area contributed by atoms with Crippen LogP contribution < -0.4 is 10.2 Å². The van der Waals surface area contributed by atoms with Crippen molar-refractivity contribution >= 4 is 40.2 Å². The molecule has 1 aromatic carbocycles. The molecule has 0 aliphatic carbocycles. The molecule has 2 fully saturated rings. The Bertz CT molecular complexity index is 1030. The number of anilines is 3. The number of rotatable bonds is 6. The van der Waals surface area contributed by atoms with Gasteiger partial charge >= 0.3 is 0 Å². The van der Waals surface area contributed by atoms with E-state index < -0.39 is 0 Å². The van der Waals surface area contributed by atoms with Gasteiger partial charge in [-0.1, -0.05) is 18.6 Å². The first kappa shape index (κ1) is 23.5. The lowest BCUT2D eigenvalue weighted by Gasteiger charge is -2.39. The van der Waals surface area contributed by atoms with Gasteiger partial charge < -0.3 is 15.0 Å². The lowest BCUT2D eigenvalue weighted by atomic mass is 10.1. The zero-order chi connectivity index (χ0) is 23.5. The highest BCUT2D eigenvalue weighted by molar-refractivity contribution is 7.11. The summed E-state index contributed by atoms with van der Waals surface area (Å²) in [5, 5.41) is 4.83. The quantitative estimate of drug-likeness (QED) is 0.667. The third-order valence-electron chi connectivity index (χ3n) is 7.16. The highest BCUT2D eigenvalue weighted by atomic mass is 32.1. The molecule has 1 unspecified atom stereocenters. The maximum Gasteiger partial charge on any atom is 0.258 e. The lowest BCUT2D eigenvalue weighted by Crippen LogP contribution is -2.52. The van der Waals surface area contributed by atoms with Crippen LogP contribution >= 0.6 is 11.3 Å². The van der Waals surface area contributed by atoms with Gasteiger partial charge in [0.1, 0.15) is 0 Å². The zero-order valence-corrected chi connectivity index (χ0v) is 20.7. The van der Waals surface area contributed by atoms with Crippen LogP contribution in [0.2, 0.25) is 0 Å². The number of hydrogen-bond acceptors (Lipinski definition) is 6. The molecule has 0 spiro atoms. The molecule has 2 aromatic rings. The first-order valence-corrected chi connectivity index (χ1v) is 13.4. The van der Waals surface area contributed by atoms with E-state index in [4.69, 9.17) is 4.74 Å². The number of benzene rings is 1. The molecule has 3 aliphatic rings. The summed E-state index contributed by atoms with van der Waals surface area (Å²) >= 11 is 1.51. The molecule has 1 atom stereocenters. The highest BCUT2D eigenvalue weighted by Gasteiger charge is 2.32. The maximum absolute atomic E-state index is 13.6. The Hall–Kier alpha value is -2.26. The third kappa shape index (κ3) is 4.91. The van der Waals surface area contributed by atoms with E-state index in [0.29, 0.717) is 23.7 Å². The van der Waals surface area contributed by atoms with Crippen molar-refractivity contribution in [2.24, 2.45) is 0 Å². The number of likely N-dealkylation sites (tertiary alicyclic amines) is 1. The molecular weight excluding hydrogens is 448 g/mol. The Balaban J connectivity index is 1.27. The summed E-state index contributed by atoms with van der Waals surface area (Å²) in [6, 6.07) is 7.96. The van der Waals surface area contributed by atoms with Gasteiger partial charge in [-0.3, -0.25) is 19.4 Å². The van der Waals surface area contributed by atoms with Crippen molar-refractivity contribution in [1.29, 1.82) is 0 Å². The first-order chi connectivity index (χ1) is 16.6. The van der Waals surface area contributed by atoms with Crippen LogP contribution in [-0.4, -0.2) is 73.6 Å². The topological polar surface area (TPSA) is 65.1 Å². The normalized spacial score (nSPS) is 21.5. The molecule has 5 rings (SSSR count). The van der Waals surface area contributed by atoms with Crippen LogP contribution in [0.25, 0.3) is 0 Å². The van der Waals surface area contributed by atoms with Crippen molar-refractivity contribution in [2.45, 2.75) is 45.1 Å². The summed E-state index contributed by atoms with van der Waals surface area (Å²) in [6.07, 6.45) is 5.15. The summed E-state index contributed by atoms with van der Waals surface area (Å²) < 4.78 is 5.80. The molecule has 7 nitrogen and oxygen atoms in total. The molecule has 0 saturated carbocycles. The van der Waals surface area contributed by atoms with E-state index >= 15 is 0 Å². The van der Waals surface area contributed by atoms with Gasteiger partial charge in [-0.05, 0) is 58.0 Å². The van der Waals surface area contributed by atoms with E-state index in [1.165, 1.54) is 43.7 Å². The predicted molar refractivity (Wildman–Crippen MR) is 136 cm³/mol. The number of nitrogens with one attached hydrogen (secondary N) is 1. The summed E-state index contributed by atoms with van der Waals surface area (Å²) in [4.78, 5) is 34.2. The summed E-state index contributed by atoms with van der Waals surface area (Å²) in [5.41, 5.74) is 2.72. The molecule has 8 heteroatoms. The number of morpholine rings is 1. The zero-order valence-electron chi connectivity index (χ0n) is 19.9. The molecule has 0 radical (unpaired) electrons. The molecule has 4 heterocycles. The number of piperidine rings is 1. The molecule has 0 bridgehead atoms. The number of hydrogen-bond donors (Lipinski definition) is 1. The van der Waals surface area contributed by atoms with Crippen molar-refractivity contribution < 1.29 is 14.3 Å². The number of para-hydroxylation sites is 2. The number of thiophene rings is 1. The van der Waals surface area contributed by atoms with Gasteiger partial charge in [0.2, 0.25) is 5.91 Å². The van der Waals surface area contributed by atoms with E-state index in [0.717, 1.165) is 55.5 Å². The van der Waals surface area contributed by atoms with E-state index in [2.05, 4.69) is 15.1 Å². The van der Waals surface area contributed by atoms with E-state index in [9.17, 15) is 9.59 Å². The third-order valence-corrected chi connectivity index (χ3v) is 8.06. The van der Waals surface area contributed by atoms with Gasteiger partial charge in [0.15, 0.2) is 0 Å². The van der Waals surface area contributed by atoms with Crippen molar-refractivity contribution in [3.05, 3.63) is 40.1 Å². The Morgan fingerprint density at radius 3 is 2.85 bits per heavy atom. The largest absolute Gasteiger partial charge is 0.378 e. The maximum atomic E-state index is 13.6. The number of fused-ring (bicyclic) bond motifs is 2. The number of carbonyl (C=O) groups is 2. The van der Waals surface area contributed by atoms with E-state index in [-0.39, 0.29) is 11.8 Å². The molecule has 2 amide bonds. The number of aryl methyl sites for hydroxylation is 1. The number of nitrogens with zero attached hydrogens (tertiary/aromatic N) is 3. The Morgan fingerprint density at radius 1 is 1.18 bits per heavy atom. The van der Waals surface area contributed by atoms with Gasteiger partial charge in [-0.15, -0.1) is 11.3 Å². The fraction of sp³-hybridized carbons (Fsp3) is 0.538. The molecule has 3 aliphatic heterocycles. The SMILES string of the molecule is Cc1scc2c1N(C(=O)CCCN1CCOCC1CN1CCCCC1)c1ccccc1NC2=O. The smallest absolute Gasteiger partial charge is 0.258 e. The average Bonchev–Trinajstić information content (AvgIpc) is 3.17. The minimum Gasteiger partial charge on any atom is -0.378 e. The monoisotopic (exact) mass is 482 g/mol. The van der Waals surface area contributed by atoms with Crippen molar-refractivity contribution in [3.8, 4) is 0 Å². The molecule has 182 valence electrons. The predicted octanol–water partition coefficient (Wildman–Crippen LogP) is 4.25. The van der Waals surface area contributed by atoms with Gasteiger partial charge in [0.05, 0.1) is 35.8 Å². The van der Waals surface area contributed by atoms with Crippen LogP contribution in [0, 0.1) is 6.92 Å². The lowest BCUT2D eigenvalue weighted by molar-refractivity contribution is -0.118. The minimum absolute atomic E-state index is 0.0348. The summed E-state index contributed by atoms with van der Waals surface area (Å²) in [5.74, 6) is -0.122. The van der Waals surface area contributed by atoms with Crippen LogP contribution in [0.4, 0.5) is 17.1 Å². The van der Waals surface area contributed by atoms with E-state index in [1.807, 2.05) is 36.6 Å². The number of ether oxygens (including phenoxy) is 1. The molecule has 1 aromatic heterocycles. The van der Waals surface area contributed by atoms with Crippen LogP contribution in [0.1, 0.15) is 47.3 Å². The van der Waals surface area contributed by atoms with Gasteiger partial charge in [-0.25, -0.2) is 0 Å². The van der Waals surface area contributed by atoms with Gasteiger partial charge in [-0.2, -0.15) is 0 Å². The van der Waals surface area contributed by atoms with Crippen molar-refractivity contribution in [2.75, 3.05) is 56.2 Å². The second-order valence-electron chi connectivity index (χ2n) is 9.48. The summed E-state index contributed by atoms with van der Waals surface area (Å²) in [6.45, 7) is 8.74. The van der Waals surface area contributed by atoms with Gasteiger partial charge in [0, 0.05) is 35.8 Å². The Morgan fingerprint density at radius 2 is 2.00 bits per heavy atom. The number of amides is 2. The van der Waals surface area contributed by atoms with Gasteiger partial charge in [0.25, 0.3) is 5.91 Å². The Labute approximate surface area is 205 Å². The second-order valence-corrected chi connectivity index (χ2v) is 10.6. The minimum atomic E-state index is -0.157. The van der Waals surface area contributed by atoms with Crippen molar-refractivity contribution in [3.63, 3.8) is 0 Å². The second kappa shape index (κ2) is 10.6. The van der Waals surface area contributed by atoms with Crippen LogP contribution in [0.5, 0.6) is 0 Å². The highest BCUT2D eigenvalue weighted by Crippen LogP contribution is 2.42. The van der Waals surface area contributed by atoms with Crippen molar-refractivity contribution in [1.82, 2.24) is 9.80 Å².